The molecular formula is C13H15N3O4. The van der Waals surface area contributed by atoms with Crippen molar-refractivity contribution in [2.45, 2.75) is 37.3 Å². The highest BCUT2D eigenvalue weighted by molar-refractivity contribution is 5.13. The molecule has 2 fully saturated rings. The van der Waals surface area contributed by atoms with E-state index >= 15 is 0 Å². The van der Waals surface area contributed by atoms with Crippen LogP contribution in [0.5, 0.6) is 0 Å². The predicted octanol–water partition coefficient (Wildman–Crippen LogP) is 1.37. The summed E-state index contributed by atoms with van der Waals surface area (Å²) in [5.74, 6) is 0. The van der Waals surface area contributed by atoms with Crippen molar-refractivity contribution in [2.75, 3.05) is 6.61 Å². The van der Waals surface area contributed by atoms with Gasteiger partial charge in [-0.25, -0.2) is 0 Å². The van der Waals surface area contributed by atoms with Crippen molar-refractivity contribution in [3.05, 3.63) is 46.3 Å². The van der Waals surface area contributed by atoms with Gasteiger partial charge in [0.1, 0.15) is 18.2 Å². The highest BCUT2D eigenvalue weighted by Gasteiger charge is 2.50. The molecule has 2 bridgehead atoms. The van der Waals surface area contributed by atoms with Crippen molar-refractivity contribution in [3.8, 4) is 0 Å². The monoisotopic (exact) mass is 277 g/mol. The number of nitrogens with zero attached hydrogens (tertiary/aromatic N) is 3. The van der Waals surface area contributed by atoms with Crippen molar-refractivity contribution in [1.29, 1.82) is 0 Å². The van der Waals surface area contributed by atoms with E-state index in [-0.39, 0.29) is 6.10 Å². The second-order valence-electron chi connectivity index (χ2n) is 4.82. The molecule has 0 aliphatic carbocycles. The quantitative estimate of drug-likeness (QED) is 0.510. The molecule has 0 unspecified atom stereocenters. The summed E-state index contributed by atoms with van der Waals surface area (Å²) >= 11 is 0. The topological polar surface area (TPSA) is 96.7 Å². The van der Waals surface area contributed by atoms with Gasteiger partial charge in [-0.1, -0.05) is 35.4 Å². The van der Waals surface area contributed by atoms with Crippen molar-refractivity contribution in [2.24, 2.45) is 5.11 Å². The van der Waals surface area contributed by atoms with Gasteiger partial charge < -0.3 is 19.3 Å². The Morgan fingerprint density at radius 3 is 2.95 bits per heavy atom. The van der Waals surface area contributed by atoms with Crippen LogP contribution in [0.2, 0.25) is 0 Å². The summed E-state index contributed by atoms with van der Waals surface area (Å²) < 4.78 is 16.7. The molecule has 2 heterocycles. The van der Waals surface area contributed by atoms with E-state index in [0.29, 0.717) is 13.2 Å². The fraction of sp³-hybridized carbons (Fsp3) is 0.538. The third kappa shape index (κ3) is 2.49. The molecule has 3 rings (SSSR count). The summed E-state index contributed by atoms with van der Waals surface area (Å²) in [4.78, 5) is 2.73. The van der Waals surface area contributed by atoms with Crippen molar-refractivity contribution < 1.29 is 19.3 Å². The van der Waals surface area contributed by atoms with Crippen molar-refractivity contribution in [3.63, 3.8) is 0 Å². The number of aliphatic hydroxyl groups is 1. The number of azide groups is 1. The van der Waals surface area contributed by atoms with Crippen LogP contribution in [0.4, 0.5) is 0 Å². The van der Waals surface area contributed by atoms with Gasteiger partial charge in [-0.3, -0.25) is 0 Å². The number of aliphatic hydroxyl groups excluding tert-OH is 1. The molecule has 0 radical (unpaired) electrons. The first-order valence-corrected chi connectivity index (χ1v) is 6.44. The Bertz CT molecular complexity index is 506. The summed E-state index contributed by atoms with van der Waals surface area (Å²) in [6.45, 7) is 0.689. The molecule has 1 aromatic rings. The zero-order valence-electron chi connectivity index (χ0n) is 10.7. The normalized spacial score (nSPS) is 35.5. The SMILES string of the molecule is [N-]=[N+]=N[C@@H]1[C@@H]2OC[C@@H](O2)[C@H](OCc2ccccc2)[C@H]1O. The van der Waals surface area contributed by atoms with Gasteiger partial charge in [0.2, 0.25) is 0 Å². The van der Waals surface area contributed by atoms with E-state index in [2.05, 4.69) is 10.0 Å². The maximum atomic E-state index is 10.3. The Morgan fingerprint density at radius 1 is 1.40 bits per heavy atom. The third-order valence-electron chi connectivity index (χ3n) is 3.54. The minimum Gasteiger partial charge on any atom is -0.390 e. The van der Waals surface area contributed by atoms with Crippen LogP contribution in [0.25, 0.3) is 10.4 Å². The van der Waals surface area contributed by atoms with Gasteiger partial charge in [0.25, 0.3) is 0 Å². The smallest absolute Gasteiger partial charge is 0.169 e. The number of benzene rings is 1. The Labute approximate surface area is 115 Å². The zero-order valence-corrected chi connectivity index (χ0v) is 10.7. The van der Waals surface area contributed by atoms with Crippen LogP contribution >= 0.6 is 0 Å². The van der Waals surface area contributed by atoms with E-state index in [0.717, 1.165) is 5.56 Å². The van der Waals surface area contributed by atoms with Crippen LogP contribution in [-0.2, 0) is 20.8 Å². The molecular weight excluding hydrogens is 262 g/mol. The first-order valence-electron chi connectivity index (χ1n) is 6.44. The fourth-order valence-electron chi connectivity index (χ4n) is 2.52. The van der Waals surface area contributed by atoms with Crippen molar-refractivity contribution in [1.82, 2.24) is 0 Å². The van der Waals surface area contributed by atoms with E-state index in [1.165, 1.54) is 0 Å². The van der Waals surface area contributed by atoms with Crippen LogP contribution in [-0.4, -0.2) is 42.4 Å². The van der Waals surface area contributed by atoms with Gasteiger partial charge in [-0.15, -0.1) is 0 Å². The number of ether oxygens (including phenoxy) is 3. The lowest BCUT2D eigenvalue weighted by molar-refractivity contribution is -0.195. The van der Waals surface area contributed by atoms with Crippen LogP contribution in [0.1, 0.15) is 5.56 Å². The molecule has 1 aromatic carbocycles. The number of hydrogen-bond acceptors (Lipinski definition) is 5. The maximum absolute atomic E-state index is 10.3. The highest BCUT2D eigenvalue weighted by atomic mass is 16.7. The molecule has 2 aliphatic rings. The van der Waals surface area contributed by atoms with E-state index in [4.69, 9.17) is 19.7 Å². The standard InChI is InChI=1S/C13H15N3O4/c14-16-15-10-11(17)12(9-7-19-13(10)20-9)18-6-8-4-2-1-3-5-8/h1-5,9-13,17H,6-7H2/t9-,10+,11+,12+,13-/m1/s1. The van der Waals surface area contributed by atoms with Crippen LogP contribution in [0, 0.1) is 0 Å². The highest BCUT2D eigenvalue weighted by Crippen LogP contribution is 2.32. The first-order chi connectivity index (χ1) is 9.79. The Hall–Kier alpha value is -1.63. The van der Waals surface area contributed by atoms with Crippen LogP contribution in [0.15, 0.2) is 35.4 Å². The fourth-order valence-corrected chi connectivity index (χ4v) is 2.52. The molecule has 7 nitrogen and oxygen atoms in total. The third-order valence-corrected chi connectivity index (χ3v) is 3.54. The molecule has 106 valence electrons. The number of fused-ring (bicyclic) bond motifs is 2. The molecule has 7 heteroatoms. The summed E-state index contributed by atoms with van der Waals surface area (Å²) in [6, 6.07) is 8.87. The zero-order chi connectivity index (χ0) is 13.9. The Balaban J connectivity index is 1.70. The second-order valence-corrected chi connectivity index (χ2v) is 4.82. The van der Waals surface area contributed by atoms with Gasteiger partial charge in [0.05, 0.1) is 19.3 Å². The molecule has 2 aliphatic heterocycles. The lowest BCUT2D eigenvalue weighted by Gasteiger charge is -2.35. The van der Waals surface area contributed by atoms with E-state index in [1.807, 2.05) is 30.3 Å². The number of hydrogen-bond donors (Lipinski definition) is 1. The molecule has 0 amide bonds. The summed E-state index contributed by atoms with van der Waals surface area (Å²) in [6.07, 6.45) is -2.50. The molecule has 1 N–H and O–H groups in total. The first kappa shape index (κ1) is 13.4. The Kier molecular flexibility index (Phi) is 3.86. The van der Waals surface area contributed by atoms with Gasteiger partial charge in [0.15, 0.2) is 6.29 Å². The second kappa shape index (κ2) is 5.78. The lowest BCUT2D eigenvalue weighted by atomic mass is 9.99. The van der Waals surface area contributed by atoms with E-state index in [1.54, 1.807) is 0 Å². The van der Waals surface area contributed by atoms with Gasteiger partial charge in [-0.05, 0) is 11.1 Å². The van der Waals surface area contributed by atoms with Crippen LogP contribution in [0.3, 0.4) is 0 Å². The summed E-state index contributed by atoms with van der Waals surface area (Å²) in [5, 5.41) is 13.8. The summed E-state index contributed by atoms with van der Waals surface area (Å²) in [5.41, 5.74) is 9.55. The minimum atomic E-state index is -0.930. The van der Waals surface area contributed by atoms with E-state index in [9.17, 15) is 5.11 Å². The summed E-state index contributed by atoms with van der Waals surface area (Å²) in [7, 11) is 0. The number of rotatable bonds is 4. The van der Waals surface area contributed by atoms with Gasteiger partial charge in [-0.2, -0.15) is 0 Å². The van der Waals surface area contributed by atoms with Crippen molar-refractivity contribution >= 4 is 0 Å². The molecule has 2 saturated heterocycles. The minimum absolute atomic E-state index is 0.330. The average molecular weight is 277 g/mol. The largest absolute Gasteiger partial charge is 0.390 e. The molecule has 0 spiro atoms. The van der Waals surface area contributed by atoms with Crippen LogP contribution < -0.4 is 0 Å². The average Bonchev–Trinajstić information content (AvgIpc) is 2.90. The molecule has 0 saturated carbocycles. The molecule has 0 aromatic heterocycles. The van der Waals surface area contributed by atoms with E-state index < -0.39 is 24.5 Å². The molecule has 5 atom stereocenters. The Morgan fingerprint density at radius 2 is 2.20 bits per heavy atom. The molecule has 20 heavy (non-hydrogen) atoms. The maximum Gasteiger partial charge on any atom is 0.169 e. The van der Waals surface area contributed by atoms with Gasteiger partial charge >= 0.3 is 0 Å². The lowest BCUT2D eigenvalue weighted by Crippen LogP contribution is -2.53. The predicted molar refractivity (Wildman–Crippen MR) is 68.6 cm³/mol. The van der Waals surface area contributed by atoms with Gasteiger partial charge in [0, 0.05) is 4.91 Å².